The van der Waals surface area contributed by atoms with Crippen molar-refractivity contribution in [1.82, 2.24) is 14.5 Å². The van der Waals surface area contributed by atoms with Crippen LogP contribution in [-0.4, -0.2) is 20.5 Å². The van der Waals surface area contributed by atoms with Crippen LogP contribution in [0.25, 0.3) is 0 Å². The Bertz CT molecular complexity index is 861. The van der Waals surface area contributed by atoms with E-state index in [1.807, 2.05) is 16.8 Å². The average molecular weight is 339 g/mol. The van der Waals surface area contributed by atoms with E-state index in [1.165, 1.54) is 17.2 Å². The Morgan fingerprint density at radius 3 is 2.68 bits per heavy atom. The molecule has 4 rings (SSSR count). The van der Waals surface area contributed by atoms with Crippen LogP contribution in [0.2, 0.25) is 0 Å². The van der Waals surface area contributed by atoms with Crippen LogP contribution < -0.4 is 0 Å². The molecule has 1 aliphatic rings. The van der Waals surface area contributed by atoms with Gasteiger partial charge < -0.3 is 4.57 Å². The summed E-state index contributed by atoms with van der Waals surface area (Å²) in [5, 5.41) is 0. The lowest BCUT2D eigenvalue weighted by Crippen LogP contribution is -2.42. The normalized spacial score (nSPS) is 17.4. The Kier molecular flexibility index (Phi) is 4.32. The number of halogens is 2. The maximum atomic E-state index is 14.1. The Labute approximate surface area is 145 Å². The molecule has 0 unspecified atom stereocenters. The minimum atomic E-state index is -0.541. The third-order valence-corrected chi connectivity index (χ3v) is 4.83. The molecule has 0 saturated heterocycles. The second-order valence-electron chi connectivity index (χ2n) is 6.53. The van der Waals surface area contributed by atoms with Crippen LogP contribution in [0.3, 0.4) is 0 Å². The molecular formula is C20H19F2N3. The van der Waals surface area contributed by atoms with Crippen molar-refractivity contribution in [3.63, 3.8) is 0 Å². The van der Waals surface area contributed by atoms with Crippen molar-refractivity contribution < 1.29 is 8.78 Å². The number of imidazole rings is 1. The third-order valence-electron chi connectivity index (χ3n) is 4.83. The molecular weight excluding hydrogens is 320 g/mol. The van der Waals surface area contributed by atoms with Crippen molar-refractivity contribution in [2.75, 3.05) is 0 Å². The van der Waals surface area contributed by atoms with E-state index in [9.17, 15) is 8.78 Å². The van der Waals surface area contributed by atoms with E-state index in [0.717, 1.165) is 25.6 Å². The lowest BCUT2D eigenvalue weighted by Gasteiger charge is -2.37. The molecule has 128 valence electrons. The molecule has 3 aromatic rings. The summed E-state index contributed by atoms with van der Waals surface area (Å²) in [6.07, 6.45) is 6.41. The number of benzene rings is 2. The van der Waals surface area contributed by atoms with Gasteiger partial charge in [-0.1, -0.05) is 30.3 Å². The molecule has 2 aromatic carbocycles. The molecule has 1 aliphatic heterocycles. The van der Waals surface area contributed by atoms with Gasteiger partial charge in [-0.15, -0.1) is 0 Å². The van der Waals surface area contributed by atoms with Gasteiger partial charge in [0.2, 0.25) is 0 Å². The maximum Gasteiger partial charge on any atom is 0.130 e. The van der Waals surface area contributed by atoms with Crippen LogP contribution in [0.4, 0.5) is 8.78 Å². The molecule has 1 atom stereocenters. The summed E-state index contributed by atoms with van der Waals surface area (Å²) in [6, 6.07) is 12.4. The van der Waals surface area contributed by atoms with E-state index in [0.29, 0.717) is 12.1 Å². The summed E-state index contributed by atoms with van der Waals surface area (Å²) in [6.45, 7) is 2.00. The molecule has 0 bridgehead atoms. The second kappa shape index (κ2) is 6.76. The number of hydrogen-bond acceptors (Lipinski definition) is 2. The van der Waals surface area contributed by atoms with Gasteiger partial charge >= 0.3 is 0 Å². The SMILES string of the molecule is Fc1ccc(CN2Cc3ccccc3C[C@H]2Cn2ccnc2)c(F)c1. The summed E-state index contributed by atoms with van der Waals surface area (Å²) in [5.74, 6) is -1.03. The fourth-order valence-electron chi connectivity index (χ4n) is 3.51. The molecule has 5 heteroatoms. The van der Waals surface area contributed by atoms with E-state index in [2.05, 4.69) is 28.1 Å². The average Bonchev–Trinajstić information content (AvgIpc) is 3.11. The lowest BCUT2D eigenvalue weighted by molar-refractivity contribution is 0.144. The van der Waals surface area contributed by atoms with E-state index in [1.54, 1.807) is 18.6 Å². The van der Waals surface area contributed by atoms with E-state index in [-0.39, 0.29) is 6.04 Å². The standard InChI is InChI=1S/C20H19F2N3/c21-18-6-5-17(20(22)10-18)12-25-11-16-4-2-1-3-15(16)9-19(25)13-24-8-7-23-14-24/h1-8,10,14,19H,9,11-13H2/t19-/m0/s1. The molecule has 0 amide bonds. The molecule has 0 N–H and O–H groups in total. The van der Waals surface area contributed by atoms with Gasteiger partial charge in [0.05, 0.1) is 6.33 Å². The number of aromatic nitrogens is 2. The topological polar surface area (TPSA) is 21.1 Å². The Hall–Kier alpha value is -2.53. The Morgan fingerprint density at radius 2 is 1.92 bits per heavy atom. The van der Waals surface area contributed by atoms with E-state index in [4.69, 9.17) is 0 Å². The lowest BCUT2D eigenvalue weighted by atomic mass is 9.93. The van der Waals surface area contributed by atoms with Crippen LogP contribution >= 0.6 is 0 Å². The quantitative estimate of drug-likeness (QED) is 0.721. The molecule has 25 heavy (non-hydrogen) atoms. The van der Waals surface area contributed by atoms with Gasteiger partial charge in [-0.05, 0) is 23.6 Å². The number of hydrogen-bond donors (Lipinski definition) is 0. The van der Waals surface area contributed by atoms with Crippen molar-refractivity contribution in [3.8, 4) is 0 Å². The van der Waals surface area contributed by atoms with Crippen molar-refractivity contribution in [1.29, 1.82) is 0 Å². The minimum Gasteiger partial charge on any atom is -0.336 e. The summed E-state index contributed by atoms with van der Waals surface area (Å²) in [5.41, 5.74) is 3.13. The molecule has 0 saturated carbocycles. The largest absolute Gasteiger partial charge is 0.336 e. The molecule has 3 nitrogen and oxygen atoms in total. The summed E-state index contributed by atoms with van der Waals surface area (Å²) < 4.78 is 29.4. The predicted molar refractivity (Wildman–Crippen MR) is 91.8 cm³/mol. The third kappa shape index (κ3) is 3.46. The molecule has 0 aliphatic carbocycles. The van der Waals surface area contributed by atoms with Gasteiger partial charge in [0, 0.05) is 49.7 Å². The van der Waals surface area contributed by atoms with Crippen molar-refractivity contribution in [2.45, 2.75) is 32.1 Å². The first kappa shape index (κ1) is 16.0. The highest BCUT2D eigenvalue weighted by atomic mass is 19.1. The zero-order valence-corrected chi connectivity index (χ0v) is 13.8. The summed E-state index contributed by atoms with van der Waals surface area (Å²) in [4.78, 5) is 6.37. The highest BCUT2D eigenvalue weighted by molar-refractivity contribution is 5.30. The molecule has 0 fully saturated rings. The van der Waals surface area contributed by atoms with E-state index < -0.39 is 11.6 Å². The molecule has 0 spiro atoms. The molecule has 2 heterocycles. The first-order valence-corrected chi connectivity index (χ1v) is 8.39. The summed E-state index contributed by atoms with van der Waals surface area (Å²) >= 11 is 0. The van der Waals surface area contributed by atoms with Crippen molar-refractivity contribution in [2.24, 2.45) is 0 Å². The second-order valence-corrected chi connectivity index (χ2v) is 6.53. The fraction of sp³-hybridized carbons (Fsp3) is 0.250. The molecule has 0 radical (unpaired) electrons. The summed E-state index contributed by atoms with van der Waals surface area (Å²) in [7, 11) is 0. The van der Waals surface area contributed by atoms with Gasteiger partial charge in [0.1, 0.15) is 11.6 Å². The van der Waals surface area contributed by atoms with Crippen molar-refractivity contribution >= 4 is 0 Å². The first-order valence-electron chi connectivity index (χ1n) is 8.39. The van der Waals surface area contributed by atoms with Gasteiger partial charge in [-0.2, -0.15) is 0 Å². The number of nitrogens with zero attached hydrogens (tertiary/aromatic N) is 3. The van der Waals surface area contributed by atoms with Crippen molar-refractivity contribution in [3.05, 3.63) is 89.5 Å². The van der Waals surface area contributed by atoms with Crippen LogP contribution in [0.1, 0.15) is 16.7 Å². The predicted octanol–water partition coefficient (Wildman–Crippen LogP) is 3.79. The Balaban J connectivity index is 1.62. The fourth-order valence-corrected chi connectivity index (χ4v) is 3.51. The van der Waals surface area contributed by atoms with Gasteiger partial charge in [-0.3, -0.25) is 4.90 Å². The zero-order chi connectivity index (χ0) is 17.2. The van der Waals surface area contributed by atoms with Crippen LogP contribution in [0.5, 0.6) is 0 Å². The minimum absolute atomic E-state index is 0.230. The molecule has 1 aromatic heterocycles. The van der Waals surface area contributed by atoms with Crippen LogP contribution in [0, 0.1) is 11.6 Å². The highest BCUT2D eigenvalue weighted by Gasteiger charge is 2.27. The zero-order valence-electron chi connectivity index (χ0n) is 13.8. The van der Waals surface area contributed by atoms with E-state index >= 15 is 0 Å². The maximum absolute atomic E-state index is 14.1. The Morgan fingerprint density at radius 1 is 1.08 bits per heavy atom. The number of fused-ring (bicyclic) bond motifs is 1. The smallest absolute Gasteiger partial charge is 0.130 e. The van der Waals surface area contributed by atoms with Gasteiger partial charge in [0.15, 0.2) is 0 Å². The first-order chi connectivity index (χ1) is 12.2. The van der Waals surface area contributed by atoms with Crippen LogP contribution in [-0.2, 0) is 26.1 Å². The van der Waals surface area contributed by atoms with Gasteiger partial charge in [-0.25, -0.2) is 13.8 Å². The van der Waals surface area contributed by atoms with Gasteiger partial charge in [0.25, 0.3) is 0 Å². The highest BCUT2D eigenvalue weighted by Crippen LogP contribution is 2.26. The van der Waals surface area contributed by atoms with Crippen LogP contribution in [0.15, 0.2) is 61.2 Å². The monoisotopic (exact) mass is 339 g/mol. The number of rotatable bonds is 4.